The molecule has 0 atom stereocenters. The third-order valence-corrected chi connectivity index (χ3v) is 4.59. The lowest BCUT2D eigenvalue weighted by Crippen LogP contribution is -2.46. The number of rotatable bonds is 3. The highest BCUT2D eigenvalue weighted by atomic mass is 35.5. The Morgan fingerprint density at radius 3 is 2.48 bits per heavy atom. The predicted octanol–water partition coefficient (Wildman–Crippen LogP) is 4.36. The van der Waals surface area contributed by atoms with Gasteiger partial charge in [-0.1, -0.05) is 36.0 Å². The Morgan fingerprint density at radius 1 is 1.20 bits per heavy atom. The van der Waals surface area contributed by atoms with Gasteiger partial charge in [-0.3, -0.25) is 14.7 Å². The Labute approximate surface area is 157 Å². The van der Waals surface area contributed by atoms with Crippen LogP contribution in [0.15, 0.2) is 53.5 Å². The van der Waals surface area contributed by atoms with Gasteiger partial charge < -0.3 is 4.74 Å². The fraction of sp³-hybridized carbons (Fsp3) is 0.211. The predicted molar refractivity (Wildman–Crippen MR) is 104 cm³/mol. The molecule has 0 saturated heterocycles. The molecule has 0 saturated carbocycles. The average Bonchev–Trinajstić information content (AvgIpc) is 2.83. The largest absolute Gasteiger partial charge is 0.497 e. The summed E-state index contributed by atoms with van der Waals surface area (Å²) in [6.45, 7) is 3.72. The van der Waals surface area contributed by atoms with Gasteiger partial charge in [0.05, 0.1) is 7.11 Å². The van der Waals surface area contributed by atoms with Crippen LogP contribution in [-0.2, 0) is 0 Å². The van der Waals surface area contributed by atoms with Crippen molar-refractivity contribution in [2.75, 3.05) is 7.11 Å². The van der Waals surface area contributed by atoms with E-state index >= 15 is 0 Å². The molecule has 0 spiro atoms. The van der Waals surface area contributed by atoms with E-state index in [2.05, 4.69) is 4.99 Å². The van der Waals surface area contributed by atoms with Gasteiger partial charge in [-0.15, -0.1) is 0 Å². The van der Waals surface area contributed by atoms with Crippen molar-refractivity contribution < 1.29 is 9.53 Å². The molecular formula is C19H17ClN2O2S. The lowest BCUT2D eigenvalue weighted by atomic mass is 10.1. The van der Waals surface area contributed by atoms with E-state index in [0.29, 0.717) is 27.0 Å². The maximum Gasteiger partial charge on any atom is 0.260 e. The van der Waals surface area contributed by atoms with Gasteiger partial charge in [-0.05, 0) is 50.2 Å². The van der Waals surface area contributed by atoms with Crippen LogP contribution in [0.2, 0.25) is 5.02 Å². The summed E-state index contributed by atoms with van der Waals surface area (Å²) in [6, 6.07) is 14.2. The molecule has 6 heteroatoms. The van der Waals surface area contributed by atoms with Gasteiger partial charge in [-0.2, -0.15) is 0 Å². The molecule has 4 nitrogen and oxygen atoms in total. The second-order valence-electron chi connectivity index (χ2n) is 6.14. The molecule has 0 unspecified atom stereocenters. The Morgan fingerprint density at radius 2 is 1.88 bits per heavy atom. The van der Waals surface area contributed by atoms with Crippen molar-refractivity contribution in [1.82, 2.24) is 4.90 Å². The van der Waals surface area contributed by atoms with Gasteiger partial charge in [0.25, 0.3) is 5.91 Å². The summed E-state index contributed by atoms with van der Waals surface area (Å²) in [5.41, 5.74) is 1.16. The molecule has 1 heterocycles. The molecule has 25 heavy (non-hydrogen) atoms. The van der Waals surface area contributed by atoms with E-state index in [1.807, 2.05) is 26.0 Å². The molecule has 0 aromatic heterocycles. The monoisotopic (exact) mass is 372 g/mol. The van der Waals surface area contributed by atoms with Crippen LogP contribution in [0.3, 0.4) is 0 Å². The molecule has 0 bridgehead atoms. The molecule has 0 aliphatic carbocycles. The molecule has 128 valence electrons. The van der Waals surface area contributed by atoms with E-state index in [4.69, 9.17) is 28.6 Å². The van der Waals surface area contributed by atoms with Crippen LogP contribution in [0.25, 0.3) is 0 Å². The topological polar surface area (TPSA) is 41.9 Å². The lowest BCUT2D eigenvalue weighted by Gasteiger charge is -2.29. The molecular weight excluding hydrogens is 356 g/mol. The molecule has 0 radical (unpaired) electrons. The van der Waals surface area contributed by atoms with Gasteiger partial charge >= 0.3 is 0 Å². The van der Waals surface area contributed by atoms with Gasteiger partial charge in [0.15, 0.2) is 0 Å². The normalized spacial score (nSPS) is 15.9. The van der Waals surface area contributed by atoms with Crippen molar-refractivity contribution in [2.24, 2.45) is 4.99 Å². The second-order valence-corrected chi connectivity index (χ2v) is 6.96. The molecule has 1 aliphatic rings. The van der Waals surface area contributed by atoms with Crippen LogP contribution in [0.4, 0.5) is 0 Å². The summed E-state index contributed by atoms with van der Waals surface area (Å²) >= 11 is 11.6. The van der Waals surface area contributed by atoms with Crippen molar-refractivity contribution in [3.63, 3.8) is 0 Å². The van der Waals surface area contributed by atoms with Gasteiger partial charge in [-0.25, -0.2) is 0 Å². The summed E-state index contributed by atoms with van der Waals surface area (Å²) in [6.07, 6.45) is 0. The number of amides is 1. The van der Waals surface area contributed by atoms with Crippen molar-refractivity contribution in [1.29, 1.82) is 0 Å². The van der Waals surface area contributed by atoms with Crippen LogP contribution in [-0.4, -0.2) is 34.3 Å². The van der Waals surface area contributed by atoms with E-state index in [9.17, 15) is 4.79 Å². The first-order valence-corrected chi connectivity index (χ1v) is 8.51. The van der Waals surface area contributed by atoms with Crippen molar-refractivity contribution >= 4 is 40.4 Å². The van der Waals surface area contributed by atoms with Crippen molar-refractivity contribution in [2.45, 2.75) is 19.5 Å². The number of carbonyl (C=O) groups is 1. The highest BCUT2D eigenvalue weighted by molar-refractivity contribution is 7.82. The highest BCUT2D eigenvalue weighted by Crippen LogP contribution is 2.30. The van der Waals surface area contributed by atoms with Crippen LogP contribution < -0.4 is 4.74 Å². The second kappa shape index (κ2) is 6.58. The standard InChI is InChI=1S/C19H17ClN2O2S/c1-19(2)21-16(13-5-4-6-14(20)11-13)18(25)22(19)17(23)12-7-9-15(24-3)10-8-12/h4-11H,1-3H3. The molecule has 0 N–H and O–H groups in total. The fourth-order valence-corrected chi connectivity index (χ4v) is 3.41. The molecule has 1 amide bonds. The molecule has 0 fully saturated rings. The summed E-state index contributed by atoms with van der Waals surface area (Å²) < 4.78 is 5.14. The van der Waals surface area contributed by atoms with Crippen LogP contribution in [0.1, 0.15) is 29.8 Å². The van der Waals surface area contributed by atoms with Crippen LogP contribution in [0.5, 0.6) is 5.75 Å². The molecule has 1 aliphatic heterocycles. The summed E-state index contributed by atoms with van der Waals surface area (Å²) in [4.78, 5) is 19.6. The third-order valence-electron chi connectivity index (χ3n) is 3.98. The smallest absolute Gasteiger partial charge is 0.260 e. The first kappa shape index (κ1) is 17.6. The Hall–Kier alpha value is -2.24. The molecule has 2 aromatic carbocycles. The molecule has 2 aromatic rings. The van der Waals surface area contributed by atoms with E-state index in [1.165, 1.54) is 0 Å². The van der Waals surface area contributed by atoms with E-state index in [1.54, 1.807) is 48.4 Å². The number of ether oxygens (including phenoxy) is 1. The number of carbonyl (C=O) groups excluding carboxylic acids is 1. The average molecular weight is 373 g/mol. The van der Waals surface area contributed by atoms with E-state index in [0.717, 1.165) is 5.56 Å². The van der Waals surface area contributed by atoms with Gasteiger partial charge in [0.1, 0.15) is 22.1 Å². The number of benzene rings is 2. The van der Waals surface area contributed by atoms with E-state index in [-0.39, 0.29) is 5.91 Å². The number of aliphatic imine (C=N–C) groups is 1. The van der Waals surface area contributed by atoms with Gasteiger partial charge in [0, 0.05) is 16.1 Å². The first-order valence-electron chi connectivity index (χ1n) is 7.72. The summed E-state index contributed by atoms with van der Waals surface area (Å²) in [5, 5.41) is 0.598. The van der Waals surface area contributed by atoms with Crippen LogP contribution >= 0.6 is 23.8 Å². The zero-order valence-corrected chi connectivity index (χ0v) is 15.7. The highest BCUT2D eigenvalue weighted by Gasteiger charge is 2.42. The quantitative estimate of drug-likeness (QED) is 0.752. The third kappa shape index (κ3) is 3.30. The fourth-order valence-electron chi connectivity index (χ4n) is 2.75. The minimum Gasteiger partial charge on any atom is -0.497 e. The summed E-state index contributed by atoms with van der Waals surface area (Å²) in [7, 11) is 1.58. The van der Waals surface area contributed by atoms with Crippen molar-refractivity contribution in [3.8, 4) is 5.75 Å². The molecule has 3 rings (SSSR count). The van der Waals surface area contributed by atoms with E-state index < -0.39 is 5.66 Å². The van der Waals surface area contributed by atoms with Gasteiger partial charge in [0.2, 0.25) is 0 Å². The number of methoxy groups -OCH3 is 1. The Bertz CT molecular complexity index is 875. The number of hydrogen-bond donors (Lipinski definition) is 0. The number of halogens is 1. The van der Waals surface area contributed by atoms with Crippen molar-refractivity contribution in [3.05, 3.63) is 64.7 Å². The number of thiocarbonyl (C=S) groups is 1. The minimum atomic E-state index is -0.772. The maximum absolute atomic E-state index is 13.0. The lowest BCUT2D eigenvalue weighted by molar-refractivity contribution is 0.0758. The maximum atomic E-state index is 13.0. The summed E-state index contributed by atoms with van der Waals surface area (Å²) in [5.74, 6) is 0.495. The zero-order chi connectivity index (χ0) is 18.2. The number of nitrogens with zero attached hydrogens (tertiary/aromatic N) is 2. The minimum absolute atomic E-state index is 0.196. The van der Waals surface area contributed by atoms with Crippen LogP contribution in [0, 0.1) is 0 Å². The zero-order valence-electron chi connectivity index (χ0n) is 14.1. The Kier molecular flexibility index (Phi) is 4.62. The first-order chi connectivity index (χ1) is 11.8. The SMILES string of the molecule is COc1ccc(C(=O)N2C(=S)C(c3cccc(Cl)c3)=NC2(C)C)cc1. The Balaban J connectivity index is 1.95. The number of hydrogen-bond acceptors (Lipinski definition) is 4.